The van der Waals surface area contributed by atoms with Crippen LogP contribution < -0.4 is 5.32 Å². The molecule has 2 amide bonds. The summed E-state index contributed by atoms with van der Waals surface area (Å²) in [4.78, 5) is 28.8. The molecule has 0 saturated heterocycles. The van der Waals surface area contributed by atoms with E-state index in [1.165, 1.54) is 7.11 Å². The van der Waals surface area contributed by atoms with E-state index in [1.54, 1.807) is 34.4 Å². The second-order valence-electron chi connectivity index (χ2n) is 7.59. The Morgan fingerprint density at radius 3 is 2.73 bits per heavy atom. The number of nitrogens with zero attached hydrogens (tertiary/aromatic N) is 2. The van der Waals surface area contributed by atoms with Gasteiger partial charge in [0.2, 0.25) is 0 Å². The summed E-state index contributed by atoms with van der Waals surface area (Å²) in [6.45, 7) is 0.389. The summed E-state index contributed by atoms with van der Waals surface area (Å²) in [6.07, 6.45) is 2.02. The van der Waals surface area contributed by atoms with Crippen LogP contribution in [0.1, 0.15) is 32.5 Å². The maximum atomic E-state index is 13.8. The molecule has 3 heterocycles. The number of fused-ring (bicyclic) bond motifs is 3. The summed E-state index contributed by atoms with van der Waals surface area (Å²) >= 11 is 7.77. The van der Waals surface area contributed by atoms with Gasteiger partial charge in [0.05, 0.1) is 36.3 Å². The van der Waals surface area contributed by atoms with Crippen LogP contribution in [0.15, 0.2) is 78.3 Å². The number of hydrogen-bond donors (Lipinski definition) is 1. The maximum Gasteiger partial charge on any atom is 0.339 e. The van der Waals surface area contributed by atoms with Gasteiger partial charge in [-0.1, -0.05) is 35.9 Å². The first-order valence-corrected chi connectivity index (χ1v) is 11.6. The van der Waals surface area contributed by atoms with E-state index in [9.17, 15) is 9.59 Å². The van der Waals surface area contributed by atoms with Crippen LogP contribution in [-0.2, 0) is 11.3 Å². The summed E-state index contributed by atoms with van der Waals surface area (Å²) in [6, 6.07) is 20.1. The Labute approximate surface area is 200 Å². The molecule has 8 heteroatoms. The number of thiophene rings is 1. The van der Waals surface area contributed by atoms with Crippen LogP contribution in [0, 0.1) is 0 Å². The van der Waals surface area contributed by atoms with Crippen molar-refractivity contribution in [3.63, 3.8) is 0 Å². The van der Waals surface area contributed by atoms with Gasteiger partial charge in [0, 0.05) is 16.1 Å². The SMILES string of the molecule is COC(=O)c1ccc(Cl)cc1NC(=O)N1Cc2ccccc2-n2cccc2C1c1cccs1. The molecule has 33 heavy (non-hydrogen) atoms. The second kappa shape index (κ2) is 8.77. The Morgan fingerprint density at radius 1 is 1.09 bits per heavy atom. The average molecular weight is 478 g/mol. The summed E-state index contributed by atoms with van der Waals surface area (Å²) in [7, 11) is 1.30. The van der Waals surface area contributed by atoms with Gasteiger partial charge in [-0.3, -0.25) is 0 Å². The Bertz CT molecular complexity index is 1330. The van der Waals surface area contributed by atoms with Crippen molar-refractivity contribution in [1.29, 1.82) is 0 Å². The molecule has 1 N–H and O–H groups in total. The van der Waals surface area contributed by atoms with Gasteiger partial charge >= 0.3 is 12.0 Å². The number of methoxy groups -OCH3 is 1. The third-order valence-electron chi connectivity index (χ3n) is 5.67. The lowest BCUT2D eigenvalue weighted by Gasteiger charge is -2.30. The van der Waals surface area contributed by atoms with Crippen LogP contribution >= 0.6 is 22.9 Å². The van der Waals surface area contributed by atoms with E-state index in [-0.39, 0.29) is 17.6 Å². The predicted molar refractivity (Wildman–Crippen MR) is 129 cm³/mol. The largest absolute Gasteiger partial charge is 0.465 e. The number of nitrogens with one attached hydrogen (secondary N) is 1. The van der Waals surface area contributed by atoms with Crippen molar-refractivity contribution in [1.82, 2.24) is 9.47 Å². The molecule has 0 aliphatic carbocycles. The summed E-state index contributed by atoms with van der Waals surface area (Å²) in [5.74, 6) is -0.549. The fourth-order valence-electron chi connectivity index (χ4n) is 4.18. The molecule has 0 fully saturated rings. The first kappa shape index (κ1) is 21.3. The maximum absolute atomic E-state index is 13.8. The molecule has 0 spiro atoms. The average Bonchev–Trinajstić information content (AvgIpc) is 3.50. The van der Waals surface area contributed by atoms with Crippen molar-refractivity contribution in [3.8, 4) is 5.69 Å². The first-order chi connectivity index (χ1) is 16.1. The smallest absolute Gasteiger partial charge is 0.339 e. The topological polar surface area (TPSA) is 63.6 Å². The molecule has 2 aromatic heterocycles. The predicted octanol–water partition coefficient (Wildman–Crippen LogP) is 6.12. The Morgan fingerprint density at radius 2 is 1.94 bits per heavy atom. The number of esters is 1. The van der Waals surface area contributed by atoms with Crippen molar-refractivity contribution in [2.75, 3.05) is 12.4 Å². The zero-order valence-corrected chi connectivity index (χ0v) is 19.3. The van der Waals surface area contributed by atoms with Gasteiger partial charge in [0.1, 0.15) is 6.04 Å². The van der Waals surface area contributed by atoms with Gasteiger partial charge in [-0.15, -0.1) is 11.3 Å². The number of ether oxygens (including phenoxy) is 1. The number of anilines is 1. The molecular weight excluding hydrogens is 458 g/mol. The van der Waals surface area contributed by atoms with Crippen molar-refractivity contribution in [2.45, 2.75) is 12.6 Å². The van der Waals surface area contributed by atoms with Crippen molar-refractivity contribution in [3.05, 3.63) is 105 Å². The minimum atomic E-state index is -0.549. The number of urea groups is 1. The van der Waals surface area contributed by atoms with Gasteiger partial charge in [-0.25, -0.2) is 9.59 Å². The van der Waals surface area contributed by atoms with E-state index >= 15 is 0 Å². The molecule has 6 nitrogen and oxygen atoms in total. The third kappa shape index (κ3) is 3.90. The van der Waals surface area contributed by atoms with Crippen molar-refractivity contribution in [2.24, 2.45) is 0 Å². The van der Waals surface area contributed by atoms with E-state index in [2.05, 4.69) is 16.0 Å². The monoisotopic (exact) mass is 477 g/mol. The summed E-state index contributed by atoms with van der Waals surface area (Å²) in [5.41, 5.74) is 3.58. The fourth-order valence-corrected chi connectivity index (χ4v) is 5.20. The zero-order chi connectivity index (χ0) is 22.9. The normalized spacial score (nSPS) is 14.7. The lowest BCUT2D eigenvalue weighted by Crippen LogP contribution is -2.38. The quantitative estimate of drug-likeness (QED) is 0.362. The van der Waals surface area contributed by atoms with Gasteiger partial charge in [0.25, 0.3) is 0 Å². The number of rotatable bonds is 3. The highest BCUT2D eigenvalue weighted by Crippen LogP contribution is 2.38. The third-order valence-corrected chi connectivity index (χ3v) is 6.83. The number of halogens is 1. The molecule has 0 saturated carbocycles. The van der Waals surface area contributed by atoms with Gasteiger partial charge < -0.3 is 19.5 Å². The molecule has 1 atom stereocenters. The lowest BCUT2D eigenvalue weighted by molar-refractivity contribution is 0.0602. The molecule has 1 unspecified atom stereocenters. The highest BCUT2D eigenvalue weighted by atomic mass is 35.5. The molecule has 0 bridgehead atoms. The van der Waals surface area contributed by atoms with Crippen LogP contribution in [-0.4, -0.2) is 28.6 Å². The second-order valence-corrected chi connectivity index (χ2v) is 9.00. The molecule has 1 aliphatic rings. The lowest BCUT2D eigenvalue weighted by atomic mass is 10.1. The minimum Gasteiger partial charge on any atom is -0.465 e. The van der Waals surface area contributed by atoms with Gasteiger partial charge in [-0.2, -0.15) is 0 Å². The fraction of sp³-hybridized carbons (Fsp3) is 0.120. The highest BCUT2D eigenvalue weighted by molar-refractivity contribution is 7.10. The Balaban J connectivity index is 1.60. The number of hydrogen-bond acceptors (Lipinski definition) is 4. The number of para-hydroxylation sites is 1. The summed E-state index contributed by atoms with van der Waals surface area (Å²) < 4.78 is 7.01. The number of carbonyl (C=O) groups excluding carboxylic acids is 2. The van der Waals surface area contributed by atoms with E-state index in [0.717, 1.165) is 21.8 Å². The van der Waals surface area contributed by atoms with E-state index in [4.69, 9.17) is 16.3 Å². The van der Waals surface area contributed by atoms with E-state index in [0.29, 0.717) is 17.3 Å². The Hall–Kier alpha value is -3.55. The van der Waals surface area contributed by atoms with Gasteiger partial charge in [0.15, 0.2) is 0 Å². The van der Waals surface area contributed by atoms with Gasteiger partial charge in [-0.05, 0) is 53.4 Å². The number of carbonyl (C=O) groups is 2. The molecule has 4 aromatic rings. The Kier molecular flexibility index (Phi) is 5.66. The van der Waals surface area contributed by atoms with Crippen LogP contribution in [0.2, 0.25) is 5.02 Å². The van der Waals surface area contributed by atoms with Crippen molar-refractivity contribution < 1.29 is 14.3 Å². The standard InChI is InChI=1S/C25H20ClN3O3S/c1-32-24(30)18-11-10-17(26)14-19(18)27-25(31)29-15-16-6-2-3-7-20(16)28-12-4-8-21(28)23(29)22-9-5-13-33-22/h2-14,23H,15H2,1H3,(H,27,31). The molecule has 0 radical (unpaired) electrons. The van der Waals surface area contributed by atoms with Crippen LogP contribution in [0.3, 0.4) is 0 Å². The summed E-state index contributed by atoms with van der Waals surface area (Å²) in [5, 5.41) is 5.32. The van der Waals surface area contributed by atoms with E-state index < -0.39 is 5.97 Å². The van der Waals surface area contributed by atoms with Crippen molar-refractivity contribution >= 4 is 40.6 Å². The number of benzene rings is 2. The molecule has 2 aromatic carbocycles. The molecular formula is C25H20ClN3O3S. The van der Waals surface area contributed by atoms with Crippen LogP contribution in [0.5, 0.6) is 0 Å². The zero-order valence-electron chi connectivity index (χ0n) is 17.7. The van der Waals surface area contributed by atoms with Crippen LogP contribution in [0.25, 0.3) is 5.69 Å². The highest BCUT2D eigenvalue weighted by Gasteiger charge is 2.34. The number of aromatic nitrogens is 1. The molecule has 5 rings (SSSR count). The number of amides is 2. The minimum absolute atomic E-state index is 0.238. The molecule has 166 valence electrons. The molecule has 1 aliphatic heterocycles. The van der Waals surface area contributed by atoms with E-state index in [1.807, 2.05) is 54.0 Å². The first-order valence-electron chi connectivity index (χ1n) is 10.3. The van der Waals surface area contributed by atoms with Crippen LogP contribution in [0.4, 0.5) is 10.5 Å².